The number of carboxylic acid groups (broad SMARTS) is 1. The van der Waals surface area contributed by atoms with E-state index in [4.69, 9.17) is 9.15 Å². The SMILES string of the molecule is COc1ccc(C(=O)O)c(N2Cc3c(C)ccc(Nc4c(N[C@@H](c5cc(C)c(C)o5)C(C)(C)C)c(=O)c4=O)c3C2=O)c1. The van der Waals surface area contributed by atoms with E-state index in [1.165, 1.54) is 30.2 Å². The highest BCUT2D eigenvalue weighted by atomic mass is 16.5. The van der Waals surface area contributed by atoms with E-state index in [0.717, 1.165) is 16.9 Å². The van der Waals surface area contributed by atoms with Crippen LogP contribution in [0.1, 0.15) is 75.7 Å². The number of anilines is 4. The predicted molar refractivity (Wildman–Crippen MR) is 160 cm³/mol. The fourth-order valence-electron chi connectivity index (χ4n) is 5.29. The molecule has 42 heavy (non-hydrogen) atoms. The third-order valence-electron chi connectivity index (χ3n) is 7.84. The molecule has 0 saturated heterocycles. The number of methoxy groups -OCH3 is 1. The first-order valence-electron chi connectivity index (χ1n) is 13.5. The van der Waals surface area contributed by atoms with E-state index in [9.17, 15) is 24.3 Å². The lowest BCUT2D eigenvalue weighted by Gasteiger charge is -2.31. The van der Waals surface area contributed by atoms with Crippen molar-refractivity contribution in [2.75, 3.05) is 22.6 Å². The van der Waals surface area contributed by atoms with E-state index in [-0.39, 0.29) is 34.6 Å². The van der Waals surface area contributed by atoms with Crippen molar-refractivity contribution in [3.63, 3.8) is 0 Å². The number of aromatic carboxylic acids is 1. The van der Waals surface area contributed by atoms with Crippen LogP contribution in [0.3, 0.4) is 0 Å². The second kappa shape index (κ2) is 10.2. The van der Waals surface area contributed by atoms with Crippen LogP contribution in [-0.4, -0.2) is 24.1 Å². The first-order valence-corrected chi connectivity index (χ1v) is 13.5. The fraction of sp³-hybridized carbons (Fsp3) is 0.312. The predicted octanol–water partition coefficient (Wildman–Crippen LogP) is 5.61. The van der Waals surface area contributed by atoms with Gasteiger partial charge in [0.2, 0.25) is 0 Å². The van der Waals surface area contributed by atoms with E-state index >= 15 is 0 Å². The van der Waals surface area contributed by atoms with Crippen molar-refractivity contribution in [2.45, 2.75) is 54.1 Å². The smallest absolute Gasteiger partial charge is 0.337 e. The van der Waals surface area contributed by atoms with Gasteiger partial charge in [-0.05, 0) is 67.1 Å². The number of carboxylic acids is 1. The molecule has 10 heteroatoms. The van der Waals surface area contributed by atoms with E-state index in [2.05, 4.69) is 10.6 Å². The maximum atomic E-state index is 13.8. The van der Waals surface area contributed by atoms with Crippen molar-refractivity contribution in [3.05, 3.63) is 96.2 Å². The van der Waals surface area contributed by atoms with Gasteiger partial charge in [-0.3, -0.25) is 14.4 Å². The van der Waals surface area contributed by atoms with Gasteiger partial charge in [-0.15, -0.1) is 0 Å². The van der Waals surface area contributed by atoms with Crippen molar-refractivity contribution in [3.8, 4) is 5.75 Å². The first-order chi connectivity index (χ1) is 19.7. The van der Waals surface area contributed by atoms with Crippen LogP contribution >= 0.6 is 0 Å². The summed E-state index contributed by atoms with van der Waals surface area (Å²) in [5.41, 5.74) is 1.71. The highest BCUT2D eigenvalue weighted by Crippen LogP contribution is 2.41. The zero-order chi connectivity index (χ0) is 30.7. The normalized spacial score (nSPS) is 13.8. The fourth-order valence-corrected chi connectivity index (χ4v) is 5.29. The Bertz CT molecular complexity index is 1800. The minimum absolute atomic E-state index is 0.0466. The van der Waals surface area contributed by atoms with Crippen molar-refractivity contribution < 1.29 is 23.8 Å². The molecule has 3 aromatic carbocycles. The Morgan fingerprint density at radius 1 is 1.00 bits per heavy atom. The molecular weight excluding hydrogens is 538 g/mol. The monoisotopic (exact) mass is 571 g/mol. The van der Waals surface area contributed by atoms with Crippen LogP contribution in [-0.2, 0) is 6.54 Å². The number of carbonyl (C=O) groups excluding carboxylic acids is 1. The molecule has 0 unspecified atom stereocenters. The molecule has 1 aromatic heterocycles. The molecule has 0 fully saturated rings. The first kappa shape index (κ1) is 28.7. The summed E-state index contributed by atoms with van der Waals surface area (Å²) in [5.74, 6) is 0.204. The molecule has 1 amide bonds. The molecule has 0 radical (unpaired) electrons. The Morgan fingerprint density at radius 2 is 1.69 bits per heavy atom. The summed E-state index contributed by atoms with van der Waals surface area (Å²) < 4.78 is 11.3. The number of carbonyl (C=O) groups is 2. The minimum atomic E-state index is -1.18. The standard InChI is InChI=1S/C32H33N3O7/c1-15-8-11-21(24-20(15)14-35(30(24)38)22-13-18(41-7)9-10-19(22)31(39)40)33-25-26(28(37)27(25)36)34-29(32(4,5)6)23-12-16(2)17(3)42-23/h8-13,29,33-34H,14H2,1-7H3,(H,39,40)/t29-/m0/s1. The lowest BCUT2D eigenvalue weighted by Crippen LogP contribution is -2.39. The zero-order valence-corrected chi connectivity index (χ0v) is 24.6. The van der Waals surface area contributed by atoms with Gasteiger partial charge in [0.15, 0.2) is 0 Å². The van der Waals surface area contributed by atoms with E-state index in [1.54, 1.807) is 6.07 Å². The van der Waals surface area contributed by atoms with E-state index in [0.29, 0.717) is 28.3 Å². The maximum absolute atomic E-state index is 13.8. The number of aryl methyl sites for hydroxylation is 3. The van der Waals surface area contributed by atoms with E-state index in [1.807, 2.05) is 53.7 Å². The van der Waals surface area contributed by atoms with Crippen LogP contribution in [0.2, 0.25) is 0 Å². The third kappa shape index (κ3) is 4.72. The summed E-state index contributed by atoms with van der Waals surface area (Å²) in [5, 5.41) is 16.1. The average Bonchev–Trinajstić information content (AvgIpc) is 3.46. The largest absolute Gasteiger partial charge is 0.497 e. The molecule has 1 aliphatic rings. The minimum Gasteiger partial charge on any atom is -0.497 e. The van der Waals surface area contributed by atoms with Gasteiger partial charge in [0.25, 0.3) is 16.8 Å². The van der Waals surface area contributed by atoms with Gasteiger partial charge in [-0.2, -0.15) is 0 Å². The molecule has 1 aliphatic heterocycles. The van der Waals surface area contributed by atoms with Crippen LogP contribution < -0.4 is 31.1 Å². The Kier molecular flexibility index (Phi) is 6.96. The molecule has 0 aliphatic carbocycles. The van der Waals surface area contributed by atoms with Gasteiger partial charge in [-0.25, -0.2) is 4.79 Å². The van der Waals surface area contributed by atoms with Gasteiger partial charge in [-0.1, -0.05) is 26.8 Å². The number of hydrogen-bond donors (Lipinski definition) is 3. The summed E-state index contributed by atoms with van der Waals surface area (Å²) in [6.07, 6.45) is 0. The number of nitrogens with zero attached hydrogens (tertiary/aromatic N) is 1. The lowest BCUT2D eigenvalue weighted by atomic mass is 9.84. The Labute approximate surface area is 242 Å². The van der Waals surface area contributed by atoms with Crippen LogP contribution in [0.5, 0.6) is 5.75 Å². The molecule has 5 rings (SSSR count). The zero-order valence-electron chi connectivity index (χ0n) is 24.6. The van der Waals surface area contributed by atoms with Gasteiger partial charge < -0.3 is 29.8 Å². The van der Waals surface area contributed by atoms with E-state index < -0.39 is 28.8 Å². The topological polar surface area (TPSA) is 138 Å². The van der Waals surface area contributed by atoms with Crippen molar-refractivity contribution >= 4 is 34.6 Å². The van der Waals surface area contributed by atoms with Crippen molar-refractivity contribution in [2.24, 2.45) is 5.41 Å². The molecule has 10 nitrogen and oxygen atoms in total. The van der Waals surface area contributed by atoms with Crippen LogP contribution in [0, 0.1) is 26.2 Å². The highest BCUT2D eigenvalue weighted by molar-refractivity contribution is 6.16. The van der Waals surface area contributed by atoms with Gasteiger partial charge in [0.1, 0.15) is 28.6 Å². The van der Waals surface area contributed by atoms with Gasteiger partial charge >= 0.3 is 5.97 Å². The van der Waals surface area contributed by atoms with Crippen LogP contribution in [0.15, 0.2) is 50.4 Å². The summed E-state index contributed by atoms with van der Waals surface area (Å²) in [7, 11) is 1.46. The summed E-state index contributed by atoms with van der Waals surface area (Å²) in [4.78, 5) is 52.8. The number of nitrogens with one attached hydrogen (secondary N) is 2. The number of hydrogen-bond acceptors (Lipinski definition) is 8. The Hall–Kier alpha value is -4.86. The quantitative estimate of drug-likeness (QED) is 0.230. The lowest BCUT2D eigenvalue weighted by molar-refractivity contribution is 0.0697. The second-order valence-electron chi connectivity index (χ2n) is 11.7. The van der Waals surface area contributed by atoms with Crippen LogP contribution in [0.4, 0.5) is 22.7 Å². The number of fused-ring (bicyclic) bond motifs is 1. The third-order valence-corrected chi connectivity index (χ3v) is 7.84. The summed E-state index contributed by atoms with van der Waals surface area (Å²) >= 11 is 0. The van der Waals surface area contributed by atoms with Gasteiger partial charge in [0, 0.05) is 6.07 Å². The number of amides is 1. The molecule has 2 heterocycles. The molecule has 0 spiro atoms. The number of rotatable bonds is 8. The summed E-state index contributed by atoms with van der Waals surface area (Å²) in [6, 6.07) is 9.42. The molecular formula is C32H33N3O7. The van der Waals surface area contributed by atoms with Crippen molar-refractivity contribution in [1.29, 1.82) is 0 Å². The number of benzene rings is 2. The number of ether oxygens (including phenoxy) is 1. The maximum Gasteiger partial charge on any atom is 0.337 e. The molecule has 218 valence electrons. The molecule has 0 saturated carbocycles. The Morgan fingerprint density at radius 3 is 2.29 bits per heavy atom. The highest BCUT2D eigenvalue weighted by Gasteiger charge is 2.37. The van der Waals surface area contributed by atoms with Crippen LogP contribution in [0.25, 0.3) is 0 Å². The Balaban J connectivity index is 1.52. The molecule has 0 bridgehead atoms. The average molecular weight is 572 g/mol. The van der Waals surface area contributed by atoms with Gasteiger partial charge in [0.05, 0.1) is 42.2 Å². The number of furan rings is 1. The molecule has 1 atom stereocenters. The molecule has 3 N–H and O–H groups in total. The second-order valence-corrected chi connectivity index (χ2v) is 11.7. The summed E-state index contributed by atoms with van der Waals surface area (Å²) in [6.45, 7) is 11.8. The molecule has 4 aromatic rings. The van der Waals surface area contributed by atoms with Crippen molar-refractivity contribution in [1.82, 2.24) is 0 Å².